The number of hydrogen-bond acceptors (Lipinski definition) is 3. The molecule has 108 valence electrons. The summed E-state index contributed by atoms with van der Waals surface area (Å²) in [4.78, 5) is 12.4. The Labute approximate surface area is 118 Å². The van der Waals surface area contributed by atoms with Crippen LogP contribution in [0.3, 0.4) is 0 Å². The van der Waals surface area contributed by atoms with Crippen molar-refractivity contribution < 1.29 is 18.0 Å². The van der Waals surface area contributed by atoms with Crippen molar-refractivity contribution in [3.05, 3.63) is 21.3 Å². The zero-order valence-corrected chi connectivity index (χ0v) is 11.9. The van der Waals surface area contributed by atoms with Gasteiger partial charge in [0, 0.05) is 10.9 Å². The van der Waals surface area contributed by atoms with Gasteiger partial charge < -0.3 is 5.32 Å². The van der Waals surface area contributed by atoms with Crippen LogP contribution in [0.25, 0.3) is 0 Å². The smallest absolute Gasteiger partial charge is 0.346 e. The molecule has 2 unspecified atom stereocenters. The monoisotopic (exact) mass is 314 g/mol. The summed E-state index contributed by atoms with van der Waals surface area (Å²) in [6.07, 6.45) is -4.40. The maximum atomic E-state index is 12.0. The van der Waals surface area contributed by atoms with Gasteiger partial charge in [0.2, 0.25) is 5.91 Å². The zero-order chi connectivity index (χ0) is 14.6. The molecule has 1 heterocycles. The second-order valence-corrected chi connectivity index (χ2v) is 5.83. The summed E-state index contributed by atoms with van der Waals surface area (Å²) >= 11 is 7.15. The normalized spacial score (nSPS) is 15.1. The van der Waals surface area contributed by atoms with Crippen molar-refractivity contribution in [2.45, 2.75) is 32.1 Å². The van der Waals surface area contributed by atoms with E-state index in [4.69, 9.17) is 11.6 Å². The van der Waals surface area contributed by atoms with Crippen LogP contribution in [0.5, 0.6) is 0 Å². The van der Waals surface area contributed by atoms with Crippen molar-refractivity contribution >= 4 is 28.8 Å². The van der Waals surface area contributed by atoms with E-state index in [2.05, 4.69) is 5.32 Å². The number of carbonyl (C=O) groups is 1. The summed E-state index contributed by atoms with van der Waals surface area (Å²) in [5, 5.41) is 4.75. The Morgan fingerprint density at radius 2 is 2.05 bits per heavy atom. The highest BCUT2D eigenvalue weighted by Crippen LogP contribution is 2.26. The number of alkyl halides is 3. The van der Waals surface area contributed by atoms with Crippen LogP contribution in [0.4, 0.5) is 13.2 Å². The van der Waals surface area contributed by atoms with Gasteiger partial charge in [-0.05, 0) is 26.0 Å². The molecule has 0 aromatic carbocycles. The third-order valence-electron chi connectivity index (χ3n) is 2.38. The molecule has 1 aromatic heterocycles. The number of halogens is 4. The second-order valence-electron chi connectivity index (χ2n) is 4.08. The minimum atomic E-state index is -4.40. The Morgan fingerprint density at radius 1 is 1.42 bits per heavy atom. The van der Waals surface area contributed by atoms with E-state index in [-0.39, 0.29) is 6.04 Å². The van der Waals surface area contributed by atoms with Crippen LogP contribution in [0.1, 0.15) is 24.8 Å². The molecule has 8 heteroatoms. The fourth-order valence-electron chi connectivity index (χ4n) is 1.43. The highest BCUT2D eigenvalue weighted by atomic mass is 35.5. The van der Waals surface area contributed by atoms with Crippen molar-refractivity contribution in [3.63, 3.8) is 0 Å². The van der Waals surface area contributed by atoms with Crippen LogP contribution in [0.2, 0.25) is 4.34 Å². The van der Waals surface area contributed by atoms with Gasteiger partial charge in [-0.3, -0.25) is 10.1 Å². The lowest BCUT2D eigenvalue weighted by atomic mass is 10.2. The van der Waals surface area contributed by atoms with Gasteiger partial charge >= 0.3 is 6.18 Å². The van der Waals surface area contributed by atoms with Crippen LogP contribution in [-0.2, 0) is 4.79 Å². The summed E-state index contributed by atoms with van der Waals surface area (Å²) in [6, 6.07) is 2.65. The molecule has 0 aliphatic rings. The van der Waals surface area contributed by atoms with E-state index in [0.29, 0.717) is 4.34 Å². The molecular weight excluding hydrogens is 301 g/mol. The highest BCUT2D eigenvalue weighted by molar-refractivity contribution is 7.16. The van der Waals surface area contributed by atoms with Crippen LogP contribution in [0, 0.1) is 0 Å². The predicted molar refractivity (Wildman–Crippen MR) is 69.4 cm³/mol. The van der Waals surface area contributed by atoms with Gasteiger partial charge in [0.1, 0.15) is 6.54 Å². The molecule has 0 saturated heterocycles. The highest BCUT2D eigenvalue weighted by Gasteiger charge is 2.29. The number of rotatable bonds is 5. The molecule has 0 spiro atoms. The van der Waals surface area contributed by atoms with Crippen molar-refractivity contribution in [2.24, 2.45) is 0 Å². The molecule has 19 heavy (non-hydrogen) atoms. The summed E-state index contributed by atoms with van der Waals surface area (Å²) in [5.41, 5.74) is 0. The Hall–Kier alpha value is -0.790. The summed E-state index contributed by atoms with van der Waals surface area (Å²) in [6.45, 7) is 2.00. The molecular formula is C11H14ClF3N2OS. The van der Waals surface area contributed by atoms with E-state index in [0.717, 1.165) is 4.88 Å². The third-order valence-corrected chi connectivity index (χ3v) is 3.79. The molecule has 0 saturated carbocycles. The molecule has 0 radical (unpaired) electrons. The lowest BCUT2D eigenvalue weighted by molar-refractivity contribution is -0.139. The fourth-order valence-corrected chi connectivity index (χ4v) is 2.51. The lowest BCUT2D eigenvalue weighted by Crippen LogP contribution is -2.45. The maximum Gasteiger partial charge on any atom is 0.405 e. The molecule has 0 fully saturated rings. The van der Waals surface area contributed by atoms with Crippen molar-refractivity contribution in [1.29, 1.82) is 0 Å². The largest absolute Gasteiger partial charge is 0.405 e. The molecule has 3 nitrogen and oxygen atoms in total. The summed E-state index contributed by atoms with van der Waals surface area (Å²) in [5.74, 6) is -0.688. The Balaban J connectivity index is 2.45. The van der Waals surface area contributed by atoms with Crippen molar-refractivity contribution in [3.8, 4) is 0 Å². The lowest BCUT2D eigenvalue weighted by Gasteiger charge is -2.19. The SMILES string of the molecule is CC(NC(C)c1ccc(Cl)s1)C(=O)NCC(F)(F)F. The predicted octanol–water partition coefficient (Wildman–Crippen LogP) is 3.12. The Bertz CT molecular complexity index is 436. The minimum Gasteiger partial charge on any atom is -0.346 e. The average Bonchev–Trinajstić information content (AvgIpc) is 2.71. The molecule has 1 aromatic rings. The van der Waals surface area contributed by atoms with Gasteiger partial charge in [-0.1, -0.05) is 11.6 Å². The van der Waals surface area contributed by atoms with Gasteiger partial charge in [-0.25, -0.2) is 0 Å². The molecule has 0 bridgehead atoms. The molecule has 1 rings (SSSR count). The first-order valence-electron chi connectivity index (χ1n) is 5.55. The first kappa shape index (κ1) is 16.3. The van der Waals surface area contributed by atoms with E-state index < -0.39 is 24.7 Å². The molecule has 0 aliphatic carbocycles. The number of carbonyl (C=O) groups excluding carboxylic acids is 1. The van der Waals surface area contributed by atoms with Gasteiger partial charge in [-0.2, -0.15) is 13.2 Å². The number of amides is 1. The van der Waals surface area contributed by atoms with Crippen LogP contribution < -0.4 is 10.6 Å². The fraction of sp³-hybridized carbons (Fsp3) is 0.545. The average molecular weight is 315 g/mol. The van der Waals surface area contributed by atoms with E-state index in [9.17, 15) is 18.0 Å². The first-order valence-corrected chi connectivity index (χ1v) is 6.74. The number of nitrogens with one attached hydrogen (secondary N) is 2. The van der Waals surface area contributed by atoms with E-state index in [1.807, 2.05) is 18.3 Å². The summed E-state index contributed by atoms with van der Waals surface area (Å²) in [7, 11) is 0. The molecule has 2 atom stereocenters. The molecule has 0 aliphatic heterocycles. The van der Waals surface area contributed by atoms with Gasteiger partial charge in [-0.15, -0.1) is 11.3 Å². The number of thiophene rings is 1. The molecule has 2 N–H and O–H groups in total. The molecule has 1 amide bonds. The maximum absolute atomic E-state index is 12.0. The minimum absolute atomic E-state index is 0.163. The van der Waals surface area contributed by atoms with E-state index in [1.165, 1.54) is 18.3 Å². The third kappa shape index (κ3) is 5.80. The van der Waals surface area contributed by atoms with Gasteiger partial charge in [0.25, 0.3) is 0 Å². The van der Waals surface area contributed by atoms with Crippen molar-refractivity contribution in [1.82, 2.24) is 10.6 Å². The van der Waals surface area contributed by atoms with Gasteiger partial charge in [0.15, 0.2) is 0 Å². The van der Waals surface area contributed by atoms with Crippen LogP contribution >= 0.6 is 22.9 Å². The first-order chi connectivity index (χ1) is 8.69. The van der Waals surface area contributed by atoms with Crippen LogP contribution in [-0.4, -0.2) is 24.7 Å². The van der Waals surface area contributed by atoms with Crippen molar-refractivity contribution in [2.75, 3.05) is 6.54 Å². The second kappa shape index (κ2) is 6.58. The summed E-state index contributed by atoms with van der Waals surface area (Å²) < 4.78 is 36.5. The number of hydrogen-bond donors (Lipinski definition) is 2. The van der Waals surface area contributed by atoms with Gasteiger partial charge in [0.05, 0.1) is 10.4 Å². The van der Waals surface area contributed by atoms with E-state index >= 15 is 0 Å². The van der Waals surface area contributed by atoms with E-state index in [1.54, 1.807) is 6.07 Å². The Morgan fingerprint density at radius 3 is 2.53 bits per heavy atom. The quantitative estimate of drug-likeness (QED) is 0.877. The zero-order valence-electron chi connectivity index (χ0n) is 10.3. The van der Waals surface area contributed by atoms with Crippen LogP contribution in [0.15, 0.2) is 12.1 Å². The standard InChI is InChI=1S/C11H14ClF3N2OS/c1-6(8-3-4-9(12)19-8)17-7(2)10(18)16-5-11(13,14)15/h3-4,6-7,17H,5H2,1-2H3,(H,16,18). The topological polar surface area (TPSA) is 41.1 Å². The Kier molecular flexibility index (Phi) is 5.64.